The zero-order valence-electron chi connectivity index (χ0n) is 14.5. The van der Waals surface area contributed by atoms with E-state index < -0.39 is 11.5 Å². The van der Waals surface area contributed by atoms with Crippen LogP contribution in [0.4, 0.5) is 0 Å². The predicted molar refractivity (Wildman–Crippen MR) is 87.2 cm³/mol. The van der Waals surface area contributed by atoms with Crippen molar-refractivity contribution in [2.45, 2.75) is 53.2 Å². The van der Waals surface area contributed by atoms with E-state index in [0.717, 1.165) is 0 Å². The average Bonchev–Trinajstić information content (AvgIpc) is 2.77. The van der Waals surface area contributed by atoms with Gasteiger partial charge in [-0.2, -0.15) is 5.10 Å². The SMILES string of the molecule is CCOC(=O)c1cnn(/C=C/C(C)(C)NC(C)=O)c1OC(C)C. The van der Waals surface area contributed by atoms with Gasteiger partial charge in [-0.05, 0) is 40.7 Å². The standard InChI is InChI=1S/C16H25N3O4/c1-7-22-15(21)13-10-17-19(14(13)23-11(2)3)9-8-16(5,6)18-12(4)20/h8-11H,7H2,1-6H3,(H,18,20)/b9-8+. The molecule has 23 heavy (non-hydrogen) atoms. The molecule has 1 N–H and O–H groups in total. The van der Waals surface area contributed by atoms with Crippen molar-refractivity contribution >= 4 is 18.1 Å². The van der Waals surface area contributed by atoms with Gasteiger partial charge in [0, 0.05) is 13.1 Å². The molecule has 1 rings (SSSR count). The molecule has 0 saturated heterocycles. The zero-order chi connectivity index (χ0) is 17.6. The molecular weight excluding hydrogens is 298 g/mol. The Balaban J connectivity index is 3.11. The second-order valence-electron chi connectivity index (χ2n) is 5.91. The van der Waals surface area contributed by atoms with Crippen molar-refractivity contribution in [1.82, 2.24) is 15.1 Å². The van der Waals surface area contributed by atoms with Crippen molar-refractivity contribution < 1.29 is 19.1 Å². The van der Waals surface area contributed by atoms with Gasteiger partial charge in [0.05, 0.1) is 24.4 Å². The van der Waals surface area contributed by atoms with E-state index in [-0.39, 0.29) is 24.2 Å². The van der Waals surface area contributed by atoms with Gasteiger partial charge in [-0.1, -0.05) is 0 Å². The number of amides is 1. The summed E-state index contributed by atoms with van der Waals surface area (Å²) in [5.41, 5.74) is -0.292. The third-order valence-corrected chi connectivity index (χ3v) is 2.72. The van der Waals surface area contributed by atoms with Crippen LogP contribution in [0.25, 0.3) is 6.20 Å². The summed E-state index contributed by atoms with van der Waals surface area (Å²) >= 11 is 0. The van der Waals surface area contributed by atoms with Crippen molar-refractivity contribution in [2.75, 3.05) is 6.61 Å². The Hall–Kier alpha value is -2.31. The molecule has 7 heteroatoms. The molecule has 0 aliphatic carbocycles. The summed E-state index contributed by atoms with van der Waals surface area (Å²) in [6.07, 6.45) is 4.70. The maximum Gasteiger partial charge on any atom is 0.345 e. The zero-order valence-corrected chi connectivity index (χ0v) is 14.5. The monoisotopic (exact) mass is 323 g/mol. The lowest BCUT2D eigenvalue weighted by Crippen LogP contribution is -2.40. The van der Waals surface area contributed by atoms with Crippen molar-refractivity contribution in [1.29, 1.82) is 0 Å². The Morgan fingerprint density at radius 1 is 1.43 bits per heavy atom. The molecule has 0 aliphatic heterocycles. The molecule has 0 bridgehead atoms. The van der Waals surface area contributed by atoms with Crippen LogP contribution in [0, 0.1) is 0 Å². The maximum absolute atomic E-state index is 12.0. The molecule has 7 nitrogen and oxygen atoms in total. The number of carbonyl (C=O) groups is 2. The van der Waals surface area contributed by atoms with Crippen LogP contribution in [-0.2, 0) is 9.53 Å². The van der Waals surface area contributed by atoms with Crippen LogP contribution in [0.15, 0.2) is 12.3 Å². The Morgan fingerprint density at radius 3 is 2.61 bits per heavy atom. The van der Waals surface area contributed by atoms with E-state index in [1.165, 1.54) is 17.8 Å². The fraction of sp³-hybridized carbons (Fsp3) is 0.562. The number of nitrogens with one attached hydrogen (secondary N) is 1. The van der Waals surface area contributed by atoms with Crippen molar-refractivity contribution in [3.63, 3.8) is 0 Å². The molecule has 0 saturated carbocycles. The van der Waals surface area contributed by atoms with Crippen LogP contribution >= 0.6 is 0 Å². The van der Waals surface area contributed by atoms with Gasteiger partial charge in [0.1, 0.15) is 5.56 Å². The summed E-state index contributed by atoms with van der Waals surface area (Å²) in [6.45, 7) is 10.9. The van der Waals surface area contributed by atoms with Gasteiger partial charge < -0.3 is 14.8 Å². The molecule has 0 atom stereocenters. The van der Waals surface area contributed by atoms with Gasteiger partial charge in [0.2, 0.25) is 11.8 Å². The van der Waals surface area contributed by atoms with Crippen LogP contribution in [-0.4, -0.2) is 39.9 Å². The van der Waals surface area contributed by atoms with Gasteiger partial charge in [0.25, 0.3) is 0 Å². The molecular formula is C16H25N3O4. The molecule has 1 heterocycles. The van der Waals surface area contributed by atoms with E-state index in [4.69, 9.17) is 9.47 Å². The summed E-state index contributed by atoms with van der Waals surface area (Å²) in [5.74, 6) is -0.303. The maximum atomic E-state index is 12.0. The molecule has 0 aliphatic rings. The van der Waals surface area contributed by atoms with Gasteiger partial charge in [-0.15, -0.1) is 0 Å². The van der Waals surface area contributed by atoms with Gasteiger partial charge in [-0.25, -0.2) is 9.48 Å². The highest BCUT2D eigenvalue weighted by Gasteiger charge is 2.21. The lowest BCUT2D eigenvalue weighted by molar-refractivity contribution is -0.120. The van der Waals surface area contributed by atoms with Crippen LogP contribution in [0.2, 0.25) is 0 Å². The van der Waals surface area contributed by atoms with E-state index in [9.17, 15) is 9.59 Å². The molecule has 0 radical (unpaired) electrons. The number of carbonyl (C=O) groups excluding carboxylic acids is 2. The molecule has 0 spiro atoms. The minimum atomic E-state index is -0.559. The third-order valence-electron chi connectivity index (χ3n) is 2.72. The molecule has 1 aromatic rings. The number of hydrogen-bond acceptors (Lipinski definition) is 5. The fourth-order valence-electron chi connectivity index (χ4n) is 1.90. The number of aromatic nitrogens is 2. The summed E-state index contributed by atoms with van der Waals surface area (Å²) < 4.78 is 12.2. The highest BCUT2D eigenvalue weighted by molar-refractivity contribution is 5.92. The minimum absolute atomic E-state index is 0.129. The predicted octanol–water partition coefficient (Wildman–Crippen LogP) is 2.23. The van der Waals surface area contributed by atoms with E-state index in [1.54, 1.807) is 19.2 Å². The van der Waals surface area contributed by atoms with Gasteiger partial charge in [0.15, 0.2) is 0 Å². The molecule has 0 fully saturated rings. The van der Waals surface area contributed by atoms with Crippen LogP contribution in [0.5, 0.6) is 5.88 Å². The lowest BCUT2D eigenvalue weighted by Gasteiger charge is -2.21. The Kier molecular flexibility index (Phi) is 6.36. The van der Waals surface area contributed by atoms with Crippen LogP contribution < -0.4 is 10.1 Å². The number of hydrogen-bond donors (Lipinski definition) is 1. The van der Waals surface area contributed by atoms with E-state index in [2.05, 4.69) is 10.4 Å². The highest BCUT2D eigenvalue weighted by Crippen LogP contribution is 2.22. The van der Waals surface area contributed by atoms with E-state index in [1.807, 2.05) is 27.7 Å². The number of ether oxygens (including phenoxy) is 2. The van der Waals surface area contributed by atoms with Gasteiger partial charge >= 0.3 is 5.97 Å². The summed E-state index contributed by atoms with van der Waals surface area (Å²) in [7, 11) is 0. The average molecular weight is 323 g/mol. The second-order valence-corrected chi connectivity index (χ2v) is 5.91. The molecule has 128 valence electrons. The first kappa shape index (κ1) is 18.7. The summed E-state index contributed by atoms with van der Waals surface area (Å²) in [6, 6.07) is 0. The minimum Gasteiger partial charge on any atom is -0.474 e. The van der Waals surface area contributed by atoms with Crippen molar-refractivity contribution in [2.24, 2.45) is 0 Å². The third kappa shape index (κ3) is 5.77. The fourth-order valence-corrected chi connectivity index (χ4v) is 1.90. The Bertz CT molecular complexity index is 588. The normalized spacial score (nSPS) is 11.8. The first-order chi connectivity index (χ1) is 10.7. The largest absolute Gasteiger partial charge is 0.474 e. The lowest BCUT2D eigenvalue weighted by atomic mass is 10.1. The van der Waals surface area contributed by atoms with E-state index >= 15 is 0 Å². The van der Waals surface area contributed by atoms with Crippen LogP contribution in [0.1, 0.15) is 51.9 Å². The summed E-state index contributed by atoms with van der Waals surface area (Å²) in [4.78, 5) is 23.2. The summed E-state index contributed by atoms with van der Waals surface area (Å²) in [5, 5.41) is 6.95. The van der Waals surface area contributed by atoms with Crippen molar-refractivity contribution in [3.8, 4) is 5.88 Å². The highest BCUT2D eigenvalue weighted by atomic mass is 16.5. The van der Waals surface area contributed by atoms with E-state index in [0.29, 0.717) is 5.88 Å². The quantitative estimate of drug-likeness (QED) is 0.778. The van der Waals surface area contributed by atoms with Crippen LogP contribution in [0.3, 0.4) is 0 Å². The van der Waals surface area contributed by atoms with Crippen molar-refractivity contribution in [3.05, 3.63) is 17.8 Å². The molecule has 0 unspecified atom stereocenters. The number of esters is 1. The number of rotatable bonds is 7. The Labute approximate surface area is 136 Å². The first-order valence-electron chi connectivity index (χ1n) is 7.55. The molecule has 1 amide bonds. The first-order valence-corrected chi connectivity index (χ1v) is 7.55. The Morgan fingerprint density at radius 2 is 2.09 bits per heavy atom. The number of nitrogens with zero attached hydrogens (tertiary/aromatic N) is 2. The van der Waals surface area contributed by atoms with Gasteiger partial charge in [-0.3, -0.25) is 4.79 Å². The second kappa shape index (κ2) is 7.80. The topological polar surface area (TPSA) is 82.5 Å². The molecule has 1 aromatic heterocycles. The molecule has 0 aromatic carbocycles. The smallest absolute Gasteiger partial charge is 0.345 e.